The molecule has 2 N–H and O–H groups in total. The van der Waals surface area contributed by atoms with Crippen molar-refractivity contribution in [2.24, 2.45) is 5.92 Å². The summed E-state index contributed by atoms with van der Waals surface area (Å²) in [5, 5.41) is 6.23. The summed E-state index contributed by atoms with van der Waals surface area (Å²) in [6, 6.07) is 4.89. The van der Waals surface area contributed by atoms with Gasteiger partial charge in [-0.15, -0.1) is 0 Å². The number of amides is 4. The summed E-state index contributed by atoms with van der Waals surface area (Å²) in [4.78, 5) is 62.8. The summed E-state index contributed by atoms with van der Waals surface area (Å²) in [6.45, 7) is 3.85. The molecule has 13 heteroatoms. The highest BCUT2D eigenvalue weighted by atomic mass is 16.2. The third kappa shape index (κ3) is 4.80. The molecule has 4 aromatic heterocycles. The van der Waals surface area contributed by atoms with E-state index in [1.54, 1.807) is 12.3 Å². The fraction of sp³-hybridized carbons (Fsp3) is 0.379. The minimum Gasteiger partial charge on any atom is -0.362 e. The molecule has 0 radical (unpaired) electrons. The fourth-order valence-corrected chi connectivity index (χ4v) is 5.39. The van der Waals surface area contributed by atoms with Gasteiger partial charge in [0.05, 0.1) is 17.4 Å². The van der Waals surface area contributed by atoms with Crippen LogP contribution in [0.3, 0.4) is 0 Å². The number of anilines is 3. The van der Waals surface area contributed by atoms with Crippen LogP contribution in [0.15, 0.2) is 43.1 Å². The van der Waals surface area contributed by atoms with Gasteiger partial charge in [-0.1, -0.05) is 0 Å². The van der Waals surface area contributed by atoms with Crippen molar-refractivity contribution in [2.45, 2.75) is 51.0 Å². The predicted molar refractivity (Wildman–Crippen MR) is 153 cm³/mol. The van der Waals surface area contributed by atoms with Crippen LogP contribution in [0, 0.1) is 12.8 Å². The lowest BCUT2D eigenvalue weighted by Crippen LogP contribution is -2.30. The van der Waals surface area contributed by atoms with Gasteiger partial charge in [0.25, 0.3) is 0 Å². The Morgan fingerprint density at radius 3 is 2.62 bits per heavy atom. The zero-order valence-corrected chi connectivity index (χ0v) is 23.5. The quantitative estimate of drug-likeness (QED) is 0.306. The number of urea groups is 1. The molecule has 13 nitrogen and oxygen atoms in total. The zero-order valence-electron chi connectivity index (χ0n) is 23.5. The smallest absolute Gasteiger partial charge is 0.331 e. The Morgan fingerprint density at radius 1 is 1.07 bits per heavy atom. The van der Waals surface area contributed by atoms with Crippen molar-refractivity contribution in [3.05, 3.63) is 65.9 Å². The Hall–Kier alpha value is -4.94. The van der Waals surface area contributed by atoms with Crippen molar-refractivity contribution in [1.29, 1.82) is 0 Å². The highest BCUT2D eigenvalue weighted by Gasteiger charge is 2.46. The maximum absolute atomic E-state index is 12.9. The average Bonchev–Trinajstić information content (AvgIpc) is 3.90. The van der Waals surface area contributed by atoms with Crippen LogP contribution in [0.4, 0.5) is 22.1 Å². The first-order chi connectivity index (χ1) is 20.2. The van der Waals surface area contributed by atoms with E-state index in [1.807, 2.05) is 36.6 Å². The topological polar surface area (TPSA) is 151 Å². The molecule has 42 heavy (non-hydrogen) atoms. The van der Waals surface area contributed by atoms with E-state index in [-0.39, 0.29) is 42.3 Å². The first-order valence-corrected chi connectivity index (χ1v) is 14.0. The second-order valence-electron chi connectivity index (χ2n) is 11.3. The number of hydrogen-bond donors (Lipinski definition) is 2. The molecule has 2 unspecified atom stereocenters. The lowest BCUT2D eigenvalue weighted by Gasteiger charge is -2.17. The van der Waals surface area contributed by atoms with Crippen molar-refractivity contribution in [3.8, 4) is 0 Å². The van der Waals surface area contributed by atoms with Gasteiger partial charge in [-0.25, -0.2) is 29.7 Å². The number of likely N-dealkylation sites (N-methyl/N-ethyl adjacent to an activating group) is 1. The van der Waals surface area contributed by atoms with Crippen molar-refractivity contribution in [3.63, 3.8) is 0 Å². The first-order valence-electron chi connectivity index (χ1n) is 14.0. The third-order valence-corrected chi connectivity index (χ3v) is 8.10. The van der Waals surface area contributed by atoms with Gasteiger partial charge in [-0.3, -0.25) is 19.4 Å². The normalized spacial score (nSPS) is 20.7. The monoisotopic (exact) mass is 566 g/mol. The summed E-state index contributed by atoms with van der Waals surface area (Å²) >= 11 is 0. The molecule has 4 amide bonds. The second kappa shape index (κ2) is 9.86. The number of nitrogens with one attached hydrogen (secondary N) is 2. The molecule has 2 saturated carbocycles. The van der Waals surface area contributed by atoms with Gasteiger partial charge in [-0.2, -0.15) is 0 Å². The summed E-state index contributed by atoms with van der Waals surface area (Å²) in [5.74, 6) is 1.52. The molecule has 3 aliphatic rings. The third-order valence-electron chi connectivity index (χ3n) is 8.10. The Bertz CT molecular complexity index is 1750. The molecular weight excluding hydrogens is 536 g/mol. The molecule has 5 heterocycles. The number of pyridine rings is 1. The summed E-state index contributed by atoms with van der Waals surface area (Å²) in [6.07, 6.45) is 10.0. The van der Waals surface area contributed by atoms with E-state index in [1.165, 1.54) is 18.3 Å². The maximum Gasteiger partial charge on any atom is 0.331 e. The first kappa shape index (κ1) is 26.0. The number of rotatable bonds is 8. The molecule has 2 aliphatic carbocycles. The second-order valence-corrected chi connectivity index (χ2v) is 11.3. The zero-order chi connectivity index (χ0) is 29.1. The molecule has 0 aromatic carbocycles. The van der Waals surface area contributed by atoms with Crippen LogP contribution in [-0.2, 0) is 9.59 Å². The van der Waals surface area contributed by atoms with Crippen LogP contribution >= 0.6 is 0 Å². The fourth-order valence-electron chi connectivity index (χ4n) is 5.39. The molecule has 3 atom stereocenters. The lowest BCUT2D eigenvalue weighted by atomic mass is 10.1. The van der Waals surface area contributed by atoms with Gasteiger partial charge in [0, 0.05) is 49.2 Å². The largest absolute Gasteiger partial charge is 0.362 e. The maximum atomic E-state index is 12.9. The Labute approximate surface area is 241 Å². The van der Waals surface area contributed by atoms with Gasteiger partial charge in [0.15, 0.2) is 5.65 Å². The van der Waals surface area contributed by atoms with Crippen LogP contribution in [0.1, 0.15) is 66.8 Å². The number of carbonyl (C=O) groups is 3. The SMILES string of the molecule is Cc1ccnc(C2CC2C(=O)Nc2cc(N[C@@H](C)c3cn4cc(C5CC5)cc(N5CC(=O)N(C)C5=O)c4n3)ncn2)n1. The van der Waals surface area contributed by atoms with Crippen molar-refractivity contribution >= 4 is 40.8 Å². The number of aryl methyl sites for hydroxylation is 1. The number of hydrogen-bond acceptors (Lipinski definition) is 9. The van der Waals surface area contributed by atoms with E-state index in [4.69, 9.17) is 4.98 Å². The van der Waals surface area contributed by atoms with E-state index in [9.17, 15) is 14.4 Å². The van der Waals surface area contributed by atoms with Crippen LogP contribution < -0.4 is 15.5 Å². The van der Waals surface area contributed by atoms with E-state index in [2.05, 4.69) is 36.8 Å². The standard InChI is InChI=1S/C29H30N10O3/c1-15-6-7-30-26(33-15)19-9-20(19)28(41)36-24-10-23(31-14-32-24)34-16(2)21-12-38-11-18(17-4-5-17)8-22(27(38)35-21)39-13-25(40)37(3)29(39)42/h6-8,10-12,14,16-17,19-20H,4-5,9,13H2,1-3H3,(H2,31,32,34,36,41)/t16-,19?,20?/m0/s1. The van der Waals surface area contributed by atoms with Gasteiger partial charge in [0.2, 0.25) is 11.8 Å². The Kier molecular flexibility index (Phi) is 6.10. The number of imidazole rings is 1. The molecule has 0 bridgehead atoms. The van der Waals surface area contributed by atoms with Gasteiger partial charge >= 0.3 is 6.03 Å². The predicted octanol–water partition coefficient (Wildman–Crippen LogP) is 3.41. The minimum atomic E-state index is -0.356. The van der Waals surface area contributed by atoms with Crippen molar-refractivity contribution in [2.75, 3.05) is 29.1 Å². The minimum absolute atomic E-state index is 0.00976. The number of nitrogens with zero attached hydrogens (tertiary/aromatic N) is 8. The molecule has 7 rings (SSSR count). The number of fused-ring (bicyclic) bond motifs is 1. The van der Waals surface area contributed by atoms with Gasteiger partial charge < -0.3 is 15.0 Å². The highest BCUT2D eigenvalue weighted by molar-refractivity contribution is 6.13. The molecule has 1 aliphatic heterocycles. The number of carbonyl (C=O) groups excluding carboxylic acids is 3. The molecule has 1 saturated heterocycles. The van der Waals surface area contributed by atoms with Crippen LogP contribution in [0.25, 0.3) is 5.65 Å². The van der Waals surface area contributed by atoms with E-state index < -0.39 is 0 Å². The molecule has 214 valence electrons. The number of aromatic nitrogens is 6. The highest BCUT2D eigenvalue weighted by Crippen LogP contribution is 2.46. The molecular formula is C29H30N10O3. The van der Waals surface area contributed by atoms with Gasteiger partial charge in [0.1, 0.15) is 30.3 Å². The Balaban J connectivity index is 1.08. The van der Waals surface area contributed by atoms with E-state index in [0.717, 1.165) is 34.7 Å². The van der Waals surface area contributed by atoms with Crippen molar-refractivity contribution < 1.29 is 14.4 Å². The molecule has 4 aromatic rings. The Morgan fingerprint density at radius 2 is 1.88 bits per heavy atom. The average molecular weight is 567 g/mol. The summed E-state index contributed by atoms with van der Waals surface area (Å²) in [7, 11) is 1.50. The van der Waals surface area contributed by atoms with Gasteiger partial charge in [-0.05, 0) is 56.7 Å². The van der Waals surface area contributed by atoms with Crippen LogP contribution in [0.5, 0.6) is 0 Å². The van der Waals surface area contributed by atoms with E-state index in [0.29, 0.717) is 41.1 Å². The van der Waals surface area contributed by atoms with Crippen LogP contribution in [0.2, 0.25) is 0 Å². The molecule has 3 fully saturated rings. The summed E-state index contributed by atoms with van der Waals surface area (Å²) < 4.78 is 1.93. The lowest BCUT2D eigenvalue weighted by molar-refractivity contribution is -0.124. The summed E-state index contributed by atoms with van der Waals surface area (Å²) in [5.41, 5.74) is 3.97. The van der Waals surface area contributed by atoms with E-state index >= 15 is 0 Å². The number of imide groups is 1. The van der Waals surface area contributed by atoms with Crippen molar-refractivity contribution in [1.82, 2.24) is 34.2 Å². The van der Waals surface area contributed by atoms with Crippen LogP contribution in [-0.4, -0.2) is 65.7 Å². The molecule has 0 spiro atoms.